The molecule has 2 saturated heterocycles. The number of anilines is 1. The lowest BCUT2D eigenvalue weighted by molar-refractivity contribution is -0.137. The van der Waals surface area contributed by atoms with Gasteiger partial charge < -0.3 is 15.0 Å². The second-order valence-electron chi connectivity index (χ2n) is 9.79. The van der Waals surface area contributed by atoms with Crippen LogP contribution < -0.4 is 5.32 Å². The summed E-state index contributed by atoms with van der Waals surface area (Å²) in [4.78, 5) is 6.57. The molecule has 1 N–H and O–H groups in total. The monoisotopic (exact) mass is 461 g/mol. The topological polar surface area (TPSA) is 63.2 Å². The number of nitrogens with one attached hydrogen (secondary N) is 1. The number of hydrogen-bond donors (Lipinski definition) is 1. The van der Waals surface area contributed by atoms with Gasteiger partial charge in [0, 0.05) is 56.8 Å². The Morgan fingerprint density at radius 3 is 2.52 bits per heavy atom. The van der Waals surface area contributed by atoms with Crippen LogP contribution in [-0.4, -0.2) is 59.0 Å². The number of alkyl halides is 3. The predicted molar refractivity (Wildman–Crippen MR) is 119 cm³/mol. The van der Waals surface area contributed by atoms with Gasteiger partial charge >= 0.3 is 6.18 Å². The molecular weight excluding hydrogens is 431 g/mol. The maximum atomic E-state index is 13.9. The standard InChI is InChI=1S/C24H30F3N5O/c1-15-2-5-28-11-20(15)22-10-21(24(25,26)27)23(31-30-22)29-19-8-17-13-32(14-18(17)9-19)12-16-3-6-33-7-4-16/h2,5,10-11,16-19H,3-4,6-9,12-14H2,1H3,(H,29,31)/t17-,18+,19+. The Labute approximate surface area is 191 Å². The third-order valence-corrected chi connectivity index (χ3v) is 7.44. The first-order valence-corrected chi connectivity index (χ1v) is 11.8. The molecule has 3 fully saturated rings. The second kappa shape index (κ2) is 9.18. The van der Waals surface area contributed by atoms with Crippen LogP contribution in [0.1, 0.15) is 36.8 Å². The van der Waals surface area contributed by atoms with Crippen molar-refractivity contribution in [1.29, 1.82) is 0 Å². The van der Waals surface area contributed by atoms with Crippen molar-refractivity contribution in [2.24, 2.45) is 17.8 Å². The fourth-order valence-electron chi connectivity index (χ4n) is 5.73. The molecule has 0 aromatic carbocycles. The molecule has 3 aliphatic rings. The van der Waals surface area contributed by atoms with Gasteiger partial charge in [-0.1, -0.05) is 0 Å². The summed E-state index contributed by atoms with van der Waals surface area (Å²) in [6.07, 6.45) is 2.62. The summed E-state index contributed by atoms with van der Waals surface area (Å²) in [7, 11) is 0. The van der Waals surface area contributed by atoms with Crippen LogP contribution in [0.25, 0.3) is 11.3 Å². The highest BCUT2D eigenvalue weighted by Crippen LogP contribution is 2.42. The molecule has 0 bridgehead atoms. The van der Waals surface area contributed by atoms with E-state index in [0.29, 0.717) is 23.3 Å². The van der Waals surface area contributed by atoms with Crippen LogP contribution in [0.3, 0.4) is 0 Å². The molecular formula is C24H30F3N5O. The second-order valence-corrected chi connectivity index (χ2v) is 9.79. The molecule has 4 heterocycles. The maximum absolute atomic E-state index is 13.9. The zero-order valence-corrected chi connectivity index (χ0v) is 18.8. The number of pyridine rings is 1. The number of rotatable bonds is 5. The van der Waals surface area contributed by atoms with Gasteiger partial charge in [-0.25, -0.2) is 0 Å². The van der Waals surface area contributed by atoms with Crippen LogP contribution in [-0.2, 0) is 10.9 Å². The summed E-state index contributed by atoms with van der Waals surface area (Å²) in [5, 5.41) is 11.2. The highest BCUT2D eigenvalue weighted by Gasteiger charge is 2.43. The summed E-state index contributed by atoms with van der Waals surface area (Å²) >= 11 is 0. The minimum atomic E-state index is -4.52. The summed E-state index contributed by atoms with van der Waals surface area (Å²) in [6, 6.07) is 2.83. The van der Waals surface area contributed by atoms with Crippen LogP contribution >= 0.6 is 0 Å². The number of aryl methyl sites for hydroxylation is 1. The lowest BCUT2D eigenvalue weighted by Gasteiger charge is -2.28. The first kappa shape index (κ1) is 22.5. The summed E-state index contributed by atoms with van der Waals surface area (Å²) < 4.78 is 47.1. The molecule has 5 rings (SSSR count). The lowest BCUT2D eigenvalue weighted by Crippen LogP contribution is -2.32. The number of likely N-dealkylation sites (tertiary alicyclic amines) is 1. The van der Waals surface area contributed by atoms with Crippen molar-refractivity contribution in [1.82, 2.24) is 20.1 Å². The minimum Gasteiger partial charge on any atom is -0.381 e. The highest BCUT2D eigenvalue weighted by atomic mass is 19.4. The fraction of sp³-hybridized carbons (Fsp3) is 0.625. The quantitative estimate of drug-likeness (QED) is 0.712. The summed E-state index contributed by atoms with van der Waals surface area (Å²) in [5.41, 5.74) is 0.781. The first-order chi connectivity index (χ1) is 15.9. The molecule has 2 aromatic rings. The van der Waals surface area contributed by atoms with E-state index in [1.54, 1.807) is 12.3 Å². The van der Waals surface area contributed by atoms with Gasteiger partial charge in [0.15, 0.2) is 5.82 Å². The van der Waals surface area contributed by atoms with E-state index in [0.717, 1.165) is 70.2 Å². The van der Waals surface area contributed by atoms with Crippen LogP contribution in [0.5, 0.6) is 0 Å². The Hall–Kier alpha value is -2.26. The number of nitrogens with zero attached hydrogens (tertiary/aromatic N) is 4. The first-order valence-electron chi connectivity index (χ1n) is 11.8. The molecule has 9 heteroatoms. The third-order valence-electron chi connectivity index (χ3n) is 7.44. The Morgan fingerprint density at radius 1 is 1.12 bits per heavy atom. The molecule has 0 amide bonds. The van der Waals surface area contributed by atoms with Gasteiger partial charge in [-0.05, 0) is 68.1 Å². The summed E-state index contributed by atoms with van der Waals surface area (Å²) in [5.74, 6) is 1.60. The van der Waals surface area contributed by atoms with E-state index in [4.69, 9.17) is 4.74 Å². The molecule has 33 heavy (non-hydrogen) atoms. The van der Waals surface area contributed by atoms with Gasteiger partial charge in [0.2, 0.25) is 0 Å². The van der Waals surface area contributed by atoms with Crippen LogP contribution in [0.15, 0.2) is 24.5 Å². The SMILES string of the molecule is Cc1ccncc1-c1cc(C(F)(F)F)c(N[C@H]2C[C@@H]3CN(CC4CCOCC4)C[C@@H]3C2)nn1. The molecule has 178 valence electrons. The number of fused-ring (bicyclic) bond motifs is 1. The van der Waals surface area contributed by atoms with Crippen molar-refractivity contribution in [3.63, 3.8) is 0 Å². The van der Waals surface area contributed by atoms with Crippen molar-refractivity contribution in [3.8, 4) is 11.3 Å². The Balaban J connectivity index is 1.25. The predicted octanol–water partition coefficient (Wildman–Crippen LogP) is 4.41. The smallest absolute Gasteiger partial charge is 0.381 e. The molecule has 1 saturated carbocycles. The molecule has 3 atom stereocenters. The molecule has 0 unspecified atom stereocenters. The molecule has 0 spiro atoms. The molecule has 2 aromatic heterocycles. The Kier molecular flexibility index (Phi) is 6.26. The molecule has 2 aliphatic heterocycles. The minimum absolute atomic E-state index is 0.00777. The normalized spacial score (nSPS) is 26.5. The Morgan fingerprint density at radius 2 is 1.85 bits per heavy atom. The van der Waals surface area contributed by atoms with E-state index in [9.17, 15) is 13.2 Å². The van der Waals surface area contributed by atoms with Crippen LogP contribution in [0.2, 0.25) is 0 Å². The van der Waals surface area contributed by atoms with E-state index in [-0.39, 0.29) is 17.6 Å². The van der Waals surface area contributed by atoms with Crippen molar-refractivity contribution in [3.05, 3.63) is 35.7 Å². The Bertz CT molecular complexity index is 965. The molecule has 6 nitrogen and oxygen atoms in total. The van der Waals surface area contributed by atoms with E-state index >= 15 is 0 Å². The van der Waals surface area contributed by atoms with Crippen molar-refractivity contribution >= 4 is 5.82 Å². The maximum Gasteiger partial charge on any atom is 0.420 e. The number of hydrogen-bond acceptors (Lipinski definition) is 6. The number of halogens is 3. The van der Waals surface area contributed by atoms with Gasteiger partial charge in [-0.3, -0.25) is 4.98 Å². The van der Waals surface area contributed by atoms with E-state index < -0.39 is 11.7 Å². The zero-order valence-electron chi connectivity index (χ0n) is 18.8. The van der Waals surface area contributed by atoms with Crippen molar-refractivity contribution in [2.75, 3.05) is 38.2 Å². The third kappa shape index (κ3) is 4.99. The zero-order chi connectivity index (χ0) is 23.0. The number of aromatic nitrogens is 3. The van der Waals surface area contributed by atoms with E-state index in [1.807, 2.05) is 6.92 Å². The fourth-order valence-corrected chi connectivity index (χ4v) is 5.73. The lowest BCUT2D eigenvalue weighted by atomic mass is 10.00. The molecule has 1 aliphatic carbocycles. The van der Waals surface area contributed by atoms with Gasteiger partial charge in [0.25, 0.3) is 0 Å². The largest absolute Gasteiger partial charge is 0.420 e. The highest BCUT2D eigenvalue weighted by molar-refractivity contribution is 5.64. The van der Waals surface area contributed by atoms with E-state index in [1.165, 1.54) is 6.20 Å². The van der Waals surface area contributed by atoms with Crippen molar-refractivity contribution < 1.29 is 17.9 Å². The van der Waals surface area contributed by atoms with Crippen LogP contribution in [0, 0.1) is 24.7 Å². The van der Waals surface area contributed by atoms with Gasteiger partial charge in [-0.15, -0.1) is 10.2 Å². The van der Waals surface area contributed by atoms with Gasteiger partial charge in [0.1, 0.15) is 5.56 Å². The summed E-state index contributed by atoms with van der Waals surface area (Å²) in [6.45, 7) is 6.74. The van der Waals surface area contributed by atoms with E-state index in [2.05, 4.69) is 25.4 Å². The van der Waals surface area contributed by atoms with Gasteiger partial charge in [-0.2, -0.15) is 13.2 Å². The average Bonchev–Trinajstić information content (AvgIpc) is 3.32. The molecule has 0 radical (unpaired) electrons. The average molecular weight is 462 g/mol. The number of ether oxygens (including phenoxy) is 1. The van der Waals surface area contributed by atoms with Crippen molar-refractivity contribution in [2.45, 2.75) is 44.8 Å². The van der Waals surface area contributed by atoms with Crippen LogP contribution in [0.4, 0.5) is 19.0 Å². The van der Waals surface area contributed by atoms with Gasteiger partial charge in [0.05, 0.1) is 5.69 Å².